The van der Waals surface area contributed by atoms with Crippen molar-refractivity contribution < 1.29 is 9.59 Å². The number of hydrogen-bond donors (Lipinski definition) is 0. The van der Waals surface area contributed by atoms with Gasteiger partial charge in [-0.3, -0.25) is 14.5 Å². The number of carbonyl (C=O) groups excluding carboxylic acids is 2. The highest BCUT2D eigenvalue weighted by Gasteiger charge is 2.49. The van der Waals surface area contributed by atoms with Crippen LogP contribution < -0.4 is 0 Å². The highest BCUT2D eigenvalue weighted by atomic mass is 16.2. The van der Waals surface area contributed by atoms with Crippen LogP contribution >= 0.6 is 0 Å². The summed E-state index contributed by atoms with van der Waals surface area (Å²) in [6, 6.07) is 20.9. The first-order chi connectivity index (χ1) is 17.7. The topological polar surface area (TPSA) is 43.9 Å². The molecule has 192 valence electrons. The molecule has 0 aliphatic carbocycles. The van der Waals surface area contributed by atoms with E-state index in [1.165, 1.54) is 44.3 Å². The molecule has 3 aliphatic heterocycles. The van der Waals surface area contributed by atoms with Crippen LogP contribution in [0.4, 0.5) is 0 Å². The van der Waals surface area contributed by atoms with Crippen LogP contribution in [-0.2, 0) is 11.3 Å². The summed E-state index contributed by atoms with van der Waals surface area (Å²) in [5.74, 6) is 1.49. The van der Waals surface area contributed by atoms with Gasteiger partial charge in [0.2, 0.25) is 5.91 Å². The quantitative estimate of drug-likeness (QED) is 0.513. The van der Waals surface area contributed by atoms with Crippen LogP contribution in [0, 0.1) is 11.8 Å². The molecule has 5 heteroatoms. The summed E-state index contributed by atoms with van der Waals surface area (Å²) in [6.45, 7) is 6.72. The standard InChI is InChI=1S/C31H41N3O2/c1-2-32(22-24-12-5-3-6-13-24)29(35)19-9-18-28-27-17-11-21-33-20-10-16-26(30(27)33)23-34(28)31(36)25-14-7-4-8-15-25/h3-8,12-15,26-28,30H,2,9-11,16-23H2,1H3/t26-,27+,28+,30-/m0/s1. The van der Waals surface area contributed by atoms with Gasteiger partial charge in [0.15, 0.2) is 0 Å². The summed E-state index contributed by atoms with van der Waals surface area (Å²) in [5.41, 5.74) is 1.96. The number of nitrogens with zero attached hydrogens (tertiary/aromatic N) is 3. The van der Waals surface area contributed by atoms with E-state index in [-0.39, 0.29) is 17.9 Å². The van der Waals surface area contributed by atoms with Crippen LogP contribution in [0.2, 0.25) is 0 Å². The van der Waals surface area contributed by atoms with E-state index in [0.29, 0.717) is 30.8 Å². The summed E-state index contributed by atoms with van der Waals surface area (Å²) in [6.07, 6.45) is 7.19. The Kier molecular flexibility index (Phi) is 8.05. The lowest BCUT2D eigenvalue weighted by Crippen LogP contribution is -2.65. The van der Waals surface area contributed by atoms with Gasteiger partial charge >= 0.3 is 0 Å². The smallest absolute Gasteiger partial charge is 0.254 e. The van der Waals surface area contributed by atoms with Crippen molar-refractivity contribution in [3.8, 4) is 0 Å². The molecule has 2 amide bonds. The van der Waals surface area contributed by atoms with Crippen molar-refractivity contribution in [2.45, 2.75) is 70.5 Å². The Bertz CT molecular complexity index is 1010. The first-order valence-electron chi connectivity index (χ1n) is 14.1. The fraction of sp³-hybridized carbons (Fsp3) is 0.548. The molecular weight excluding hydrogens is 446 g/mol. The summed E-state index contributed by atoms with van der Waals surface area (Å²) in [5, 5.41) is 0. The summed E-state index contributed by atoms with van der Waals surface area (Å²) >= 11 is 0. The lowest BCUT2D eigenvalue weighted by molar-refractivity contribution is -0.131. The van der Waals surface area contributed by atoms with E-state index < -0.39 is 0 Å². The van der Waals surface area contributed by atoms with Crippen molar-refractivity contribution in [1.82, 2.24) is 14.7 Å². The van der Waals surface area contributed by atoms with Crippen molar-refractivity contribution in [1.29, 1.82) is 0 Å². The second-order valence-electron chi connectivity index (χ2n) is 10.9. The molecule has 36 heavy (non-hydrogen) atoms. The third kappa shape index (κ3) is 5.36. The van der Waals surface area contributed by atoms with Crippen LogP contribution in [0.5, 0.6) is 0 Å². The zero-order valence-corrected chi connectivity index (χ0v) is 21.7. The number of amides is 2. The second kappa shape index (κ2) is 11.6. The number of carbonyl (C=O) groups is 2. The van der Waals surface area contributed by atoms with Gasteiger partial charge in [-0.1, -0.05) is 48.5 Å². The van der Waals surface area contributed by atoms with Gasteiger partial charge in [-0.15, -0.1) is 0 Å². The van der Waals surface area contributed by atoms with Crippen LogP contribution in [0.15, 0.2) is 60.7 Å². The number of likely N-dealkylation sites (tertiary alicyclic amines) is 1. The fourth-order valence-corrected chi connectivity index (χ4v) is 7.15. The Balaban J connectivity index is 1.29. The van der Waals surface area contributed by atoms with Crippen molar-refractivity contribution >= 4 is 11.8 Å². The third-order valence-corrected chi connectivity index (χ3v) is 8.79. The Morgan fingerprint density at radius 3 is 2.36 bits per heavy atom. The molecule has 0 N–H and O–H groups in total. The van der Waals surface area contributed by atoms with E-state index in [9.17, 15) is 9.59 Å². The molecule has 5 nitrogen and oxygen atoms in total. The molecule has 0 bridgehead atoms. The van der Waals surface area contributed by atoms with Crippen LogP contribution in [-0.4, -0.2) is 64.8 Å². The molecule has 3 aliphatic rings. The molecule has 3 heterocycles. The van der Waals surface area contributed by atoms with E-state index in [0.717, 1.165) is 31.5 Å². The van der Waals surface area contributed by atoms with Gasteiger partial charge in [-0.05, 0) is 88.1 Å². The minimum absolute atomic E-state index is 0.173. The average molecular weight is 488 g/mol. The second-order valence-corrected chi connectivity index (χ2v) is 10.9. The van der Waals surface area contributed by atoms with Crippen molar-refractivity contribution in [3.05, 3.63) is 71.8 Å². The zero-order chi connectivity index (χ0) is 24.9. The highest BCUT2D eigenvalue weighted by molar-refractivity contribution is 5.94. The van der Waals surface area contributed by atoms with Gasteiger partial charge in [0.1, 0.15) is 0 Å². The minimum Gasteiger partial charge on any atom is -0.339 e. The molecule has 0 radical (unpaired) electrons. The summed E-state index contributed by atoms with van der Waals surface area (Å²) in [4.78, 5) is 33.8. The average Bonchev–Trinajstić information content (AvgIpc) is 2.93. The SMILES string of the molecule is CCN(Cc1ccccc1)C(=O)CCC[C@@H]1[C@H]2CCCN3CCC[C@@H](CN1C(=O)c1ccccc1)[C@@H]23. The molecule has 2 aromatic carbocycles. The Morgan fingerprint density at radius 2 is 1.64 bits per heavy atom. The first-order valence-corrected chi connectivity index (χ1v) is 14.1. The first kappa shape index (κ1) is 25.0. The molecule has 0 spiro atoms. The van der Waals surface area contributed by atoms with E-state index in [2.05, 4.69) is 28.9 Å². The van der Waals surface area contributed by atoms with E-state index >= 15 is 0 Å². The Morgan fingerprint density at radius 1 is 0.944 bits per heavy atom. The minimum atomic E-state index is 0.173. The lowest BCUT2D eigenvalue weighted by atomic mass is 9.69. The van der Waals surface area contributed by atoms with Crippen molar-refractivity contribution in [2.75, 3.05) is 26.2 Å². The summed E-state index contributed by atoms with van der Waals surface area (Å²) in [7, 11) is 0. The van der Waals surface area contributed by atoms with Gasteiger partial charge in [-0.2, -0.15) is 0 Å². The maximum atomic E-state index is 13.7. The van der Waals surface area contributed by atoms with Crippen molar-refractivity contribution in [3.63, 3.8) is 0 Å². The van der Waals surface area contributed by atoms with E-state index in [1.54, 1.807) is 0 Å². The number of hydrogen-bond acceptors (Lipinski definition) is 3. The Hall–Kier alpha value is -2.66. The number of rotatable bonds is 8. The molecule has 4 atom stereocenters. The zero-order valence-electron chi connectivity index (χ0n) is 21.7. The molecule has 5 rings (SSSR count). The molecular formula is C31H41N3O2. The number of piperidine rings is 3. The molecule has 3 saturated heterocycles. The molecule has 3 fully saturated rings. The van der Waals surface area contributed by atoms with Gasteiger partial charge < -0.3 is 9.80 Å². The predicted molar refractivity (Wildman–Crippen MR) is 143 cm³/mol. The normalized spacial score (nSPS) is 25.8. The Labute approximate surface area is 216 Å². The lowest BCUT2D eigenvalue weighted by Gasteiger charge is -2.57. The van der Waals surface area contributed by atoms with Gasteiger partial charge in [0.25, 0.3) is 5.91 Å². The largest absolute Gasteiger partial charge is 0.339 e. The molecule has 2 aromatic rings. The summed E-state index contributed by atoms with van der Waals surface area (Å²) < 4.78 is 0. The molecule has 0 unspecified atom stereocenters. The monoisotopic (exact) mass is 487 g/mol. The molecule has 0 aromatic heterocycles. The highest BCUT2D eigenvalue weighted by Crippen LogP contribution is 2.43. The van der Waals surface area contributed by atoms with Crippen LogP contribution in [0.3, 0.4) is 0 Å². The van der Waals surface area contributed by atoms with Crippen LogP contribution in [0.1, 0.15) is 67.8 Å². The van der Waals surface area contributed by atoms with Gasteiger partial charge in [-0.25, -0.2) is 0 Å². The fourth-order valence-electron chi connectivity index (χ4n) is 7.15. The van der Waals surface area contributed by atoms with Gasteiger partial charge in [0.05, 0.1) is 0 Å². The van der Waals surface area contributed by atoms with Crippen LogP contribution in [0.25, 0.3) is 0 Å². The predicted octanol–water partition coefficient (Wildman–Crippen LogP) is 5.22. The van der Waals surface area contributed by atoms with E-state index in [4.69, 9.17) is 0 Å². The maximum absolute atomic E-state index is 13.7. The molecule has 0 saturated carbocycles. The van der Waals surface area contributed by atoms with Crippen molar-refractivity contribution in [2.24, 2.45) is 11.8 Å². The number of benzene rings is 2. The van der Waals surface area contributed by atoms with E-state index in [1.807, 2.05) is 53.4 Å². The maximum Gasteiger partial charge on any atom is 0.254 e. The van der Waals surface area contributed by atoms with Gasteiger partial charge in [0, 0.05) is 43.7 Å². The third-order valence-electron chi connectivity index (χ3n) is 8.79.